The molecule has 33 heavy (non-hydrogen) atoms. The zero-order valence-electron chi connectivity index (χ0n) is 18.4. The number of hydrogen-bond acceptors (Lipinski definition) is 7. The summed E-state index contributed by atoms with van der Waals surface area (Å²) in [5.74, 6) is -0.963. The number of pyridine rings is 1. The van der Waals surface area contributed by atoms with Crippen molar-refractivity contribution < 1.29 is 24.2 Å². The molecule has 3 heterocycles. The van der Waals surface area contributed by atoms with Crippen LogP contribution in [0, 0.1) is 0 Å². The van der Waals surface area contributed by atoms with Crippen LogP contribution in [0.5, 0.6) is 5.75 Å². The van der Waals surface area contributed by atoms with Crippen molar-refractivity contribution in [2.45, 2.75) is 6.04 Å². The Kier molecular flexibility index (Phi) is 7.16. The lowest BCUT2D eigenvalue weighted by Gasteiger charge is -2.30. The summed E-state index contributed by atoms with van der Waals surface area (Å²) in [7, 11) is 0. The van der Waals surface area contributed by atoms with E-state index in [-0.39, 0.29) is 11.3 Å². The molecule has 2 aromatic rings. The summed E-state index contributed by atoms with van der Waals surface area (Å²) in [4.78, 5) is 34.2. The quantitative estimate of drug-likeness (QED) is 0.286. The highest BCUT2D eigenvalue weighted by molar-refractivity contribution is 6.46. The van der Waals surface area contributed by atoms with E-state index < -0.39 is 17.7 Å². The summed E-state index contributed by atoms with van der Waals surface area (Å²) < 4.78 is 10.9. The van der Waals surface area contributed by atoms with Gasteiger partial charge in [-0.15, -0.1) is 0 Å². The van der Waals surface area contributed by atoms with Crippen LogP contribution in [0.3, 0.4) is 0 Å². The molecule has 2 fully saturated rings. The smallest absolute Gasteiger partial charge is 0.295 e. The number of ether oxygens (including phenoxy) is 2. The van der Waals surface area contributed by atoms with Crippen LogP contribution in [0.15, 0.2) is 66.9 Å². The van der Waals surface area contributed by atoms with E-state index in [1.807, 2.05) is 0 Å². The fourth-order valence-corrected chi connectivity index (χ4v) is 4.05. The van der Waals surface area contributed by atoms with Crippen LogP contribution >= 0.6 is 0 Å². The first-order chi connectivity index (χ1) is 16.1. The molecule has 0 spiro atoms. The Morgan fingerprint density at radius 2 is 1.91 bits per heavy atom. The number of hydrogen-bond donors (Lipinski definition) is 1. The maximum atomic E-state index is 13.1. The summed E-state index contributed by atoms with van der Waals surface area (Å²) in [5, 5.41) is 11.1. The number of rotatable bonds is 8. The minimum atomic E-state index is -0.760. The molecule has 2 saturated heterocycles. The van der Waals surface area contributed by atoms with Gasteiger partial charge in [0, 0.05) is 37.9 Å². The number of likely N-dealkylation sites (tertiary alicyclic amines) is 1. The van der Waals surface area contributed by atoms with E-state index in [4.69, 9.17) is 9.47 Å². The Labute approximate surface area is 192 Å². The number of amides is 1. The van der Waals surface area contributed by atoms with Gasteiger partial charge in [0.15, 0.2) is 0 Å². The molecule has 1 amide bonds. The van der Waals surface area contributed by atoms with E-state index in [1.165, 1.54) is 4.90 Å². The van der Waals surface area contributed by atoms with Gasteiger partial charge in [-0.1, -0.05) is 18.7 Å². The fraction of sp³-hybridized carbons (Fsp3) is 0.320. The zero-order valence-corrected chi connectivity index (χ0v) is 18.4. The average molecular weight is 450 g/mol. The van der Waals surface area contributed by atoms with Gasteiger partial charge in [0.05, 0.1) is 24.5 Å². The van der Waals surface area contributed by atoms with Crippen molar-refractivity contribution in [3.8, 4) is 5.75 Å². The Bertz CT molecular complexity index is 1030. The van der Waals surface area contributed by atoms with E-state index in [0.29, 0.717) is 49.9 Å². The molecule has 0 aliphatic carbocycles. The second-order valence-corrected chi connectivity index (χ2v) is 7.83. The van der Waals surface area contributed by atoms with Gasteiger partial charge in [0.2, 0.25) is 0 Å². The predicted octanol–water partition coefficient (Wildman–Crippen LogP) is 2.40. The number of benzene rings is 1. The largest absolute Gasteiger partial charge is 0.507 e. The van der Waals surface area contributed by atoms with Gasteiger partial charge in [-0.05, 0) is 36.4 Å². The number of carbonyl (C=O) groups is 2. The summed E-state index contributed by atoms with van der Waals surface area (Å²) in [6, 6.07) is 11.3. The van der Waals surface area contributed by atoms with Gasteiger partial charge < -0.3 is 19.5 Å². The minimum Gasteiger partial charge on any atom is -0.507 e. The molecule has 8 nitrogen and oxygen atoms in total. The molecular weight excluding hydrogens is 422 g/mol. The first-order valence-corrected chi connectivity index (χ1v) is 10.9. The summed E-state index contributed by atoms with van der Waals surface area (Å²) in [6.07, 6.45) is 3.25. The number of Topliss-reactive ketones (excluding diaryl/α,β-unsaturated/α-hetero) is 1. The lowest BCUT2D eigenvalue weighted by Crippen LogP contribution is -2.42. The van der Waals surface area contributed by atoms with Crippen molar-refractivity contribution >= 4 is 17.4 Å². The Morgan fingerprint density at radius 1 is 1.15 bits per heavy atom. The van der Waals surface area contributed by atoms with Crippen LogP contribution < -0.4 is 4.74 Å². The van der Waals surface area contributed by atoms with Crippen molar-refractivity contribution in [1.29, 1.82) is 0 Å². The number of morpholine rings is 1. The van der Waals surface area contributed by atoms with Gasteiger partial charge in [-0.2, -0.15) is 0 Å². The number of aliphatic hydroxyl groups is 1. The van der Waals surface area contributed by atoms with Crippen LogP contribution in [-0.4, -0.2) is 77.6 Å². The highest BCUT2D eigenvalue weighted by Crippen LogP contribution is 2.38. The summed E-state index contributed by atoms with van der Waals surface area (Å²) in [5.41, 5.74) is 1.000. The lowest BCUT2D eigenvalue weighted by molar-refractivity contribution is -0.140. The van der Waals surface area contributed by atoms with Crippen molar-refractivity contribution in [1.82, 2.24) is 14.8 Å². The van der Waals surface area contributed by atoms with Gasteiger partial charge in [0.1, 0.15) is 24.2 Å². The first kappa shape index (κ1) is 22.7. The predicted molar refractivity (Wildman–Crippen MR) is 123 cm³/mol. The van der Waals surface area contributed by atoms with Crippen LogP contribution in [0.1, 0.15) is 17.3 Å². The highest BCUT2D eigenvalue weighted by atomic mass is 16.5. The molecule has 2 aliphatic rings. The van der Waals surface area contributed by atoms with E-state index in [1.54, 1.807) is 54.7 Å². The summed E-state index contributed by atoms with van der Waals surface area (Å²) in [6.45, 7) is 7.78. The monoisotopic (exact) mass is 449 g/mol. The number of ketones is 1. The number of aromatic nitrogens is 1. The Morgan fingerprint density at radius 3 is 2.58 bits per heavy atom. The van der Waals surface area contributed by atoms with Gasteiger partial charge in [-0.25, -0.2) is 0 Å². The maximum absolute atomic E-state index is 13.1. The Balaban J connectivity index is 1.66. The molecule has 0 radical (unpaired) electrons. The number of aliphatic hydroxyl groups excluding tert-OH is 1. The van der Waals surface area contributed by atoms with Crippen LogP contribution in [-0.2, 0) is 14.3 Å². The normalized spacial score (nSPS) is 20.7. The Hall–Kier alpha value is -3.49. The van der Waals surface area contributed by atoms with Crippen LogP contribution in [0.2, 0.25) is 0 Å². The fourth-order valence-electron chi connectivity index (χ4n) is 4.05. The SMILES string of the molecule is C=CCOc1ccc(/C(O)=C2/C(=O)C(=O)N(CCN3CCOCC3)C2c2ccccn2)cc1. The second-order valence-electron chi connectivity index (χ2n) is 7.83. The van der Waals surface area contributed by atoms with Crippen molar-refractivity contribution in [3.63, 3.8) is 0 Å². The summed E-state index contributed by atoms with van der Waals surface area (Å²) >= 11 is 0. The van der Waals surface area contributed by atoms with E-state index in [0.717, 1.165) is 13.1 Å². The maximum Gasteiger partial charge on any atom is 0.295 e. The molecule has 1 N–H and O–H groups in total. The second kappa shape index (κ2) is 10.4. The minimum absolute atomic E-state index is 0.0421. The molecule has 1 aromatic carbocycles. The van der Waals surface area contributed by atoms with E-state index in [2.05, 4.69) is 16.5 Å². The van der Waals surface area contributed by atoms with Crippen molar-refractivity contribution in [2.24, 2.45) is 0 Å². The third kappa shape index (κ3) is 4.97. The highest BCUT2D eigenvalue weighted by Gasteiger charge is 2.46. The number of carbonyl (C=O) groups excluding carboxylic acids is 2. The van der Waals surface area contributed by atoms with Crippen LogP contribution in [0.4, 0.5) is 0 Å². The number of nitrogens with zero attached hydrogens (tertiary/aromatic N) is 3. The van der Waals surface area contributed by atoms with Crippen molar-refractivity contribution in [3.05, 3.63) is 78.1 Å². The van der Waals surface area contributed by atoms with Crippen molar-refractivity contribution in [2.75, 3.05) is 46.0 Å². The molecule has 4 rings (SSSR count). The lowest BCUT2D eigenvalue weighted by atomic mass is 9.98. The average Bonchev–Trinajstić information content (AvgIpc) is 3.12. The third-order valence-electron chi connectivity index (χ3n) is 5.76. The van der Waals surface area contributed by atoms with E-state index in [9.17, 15) is 14.7 Å². The topological polar surface area (TPSA) is 92.2 Å². The molecule has 1 unspecified atom stereocenters. The zero-order chi connectivity index (χ0) is 23.2. The van der Waals surface area contributed by atoms with Gasteiger partial charge in [-0.3, -0.25) is 19.5 Å². The van der Waals surface area contributed by atoms with Gasteiger partial charge >= 0.3 is 0 Å². The molecule has 172 valence electrons. The van der Waals surface area contributed by atoms with E-state index >= 15 is 0 Å². The standard InChI is InChI=1S/C25H27N3O5/c1-2-15-33-19-8-6-18(7-9-19)23(29)21-22(20-5-3-4-10-26-20)28(25(31)24(21)30)12-11-27-13-16-32-17-14-27/h2-10,22,29H,1,11-17H2/b23-21-. The van der Waals surface area contributed by atoms with Gasteiger partial charge in [0.25, 0.3) is 11.7 Å². The molecule has 1 aromatic heterocycles. The first-order valence-electron chi connectivity index (χ1n) is 10.9. The third-order valence-corrected chi connectivity index (χ3v) is 5.76. The molecule has 2 aliphatic heterocycles. The molecule has 0 saturated carbocycles. The molecule has 0 bridgehead atoms. The molecule has 1 atom stereocenters. The molecule has 8 heteroatoms. The molecular formula is C25H27N3O5. The van der Waals surface area contributed by atoms with Crippen LogP contribution in [0.25, 0.3) is 5.76 Å².